The third-order valence-electron chi connectivity index (χ3n) is 6.89. The number of nitrogens with one attached hydrogen (secondary N) is 3. The first-order valence-electron chi connectivity index (χ1n) is 14.2. The Morgan fingerprint density at radius 1 is 1.02 bits per heavy atom. The van der Waals surface area contributed by atoms with Crippen LogP contribution in [0.5, 0.6) is 5.75 Å². The van der Waals surface area contributed by atoms with Crippen LogP contribution in [-0.4, -0.2) is 76.9 Å². The smallest absolute Gasteiger partial charge is 0.255 e. The normalized spacial score (nSPS) is 18.6. The molecule has 0 aliphatic carbocycles. The van der Waals surface area contributed by atoms with Crippen molar-refractivity contribution < 1.29 is 19.1 Å². The molecule has 0 saturated carbocycles. The molecule has 2 bridgehead atoms. The van der Waals surface area contributed by atoms with Crippen LogP contribution < -0.4 is 20.7 Å². The maximum absolute atomic E-state index is 13.7. The number of carbonyl (C=O) groups excluding carboxylic acids is 3. The average Bonchev–Trinajstić information content (AvgIpc) is 3.43. The second-order valence-electron chi connectivity index (χ2n) is 10.6. The molecule has 0 saturated heterocycles. The van der Waals surface area contributed by atoms with Crippen LogP contribution in [0.3, 0.4) is 0 Å². The zero-order valence-corrected chi connectivity index (χ0v) is 24.8. The third kappa shape index (κ3) is 9.28. The summed E-state index contributed by atoms with van der Waals surface area (Å²) in [6.07, 6.45) is 4.58. The topological polar surface area (TPSA) is 130 Å². The molecule has 0 fully saturated rings. The van der Waals surface area contributed by atoms with Gasteiger partial charge < -0.3 is 25.6 Å². The number of aryl methyl sites for hydroxylation is 1. The summed E-state index contributed by atoms with van der Waals surface area (Å²) in [7, 11) is 3.97. The monoisotopic (exact) mass is 595 g/mol. The van der Waals surface area contributed by atoms with Gasteiger partial charge in [-0.05, 0) is 63.7 Å². The summed E-state index contributed by atoms with van der Waals surface area (Å²) in [6, 6.07) is 12.5. The van der Waals surface area contributed by atoms with Crippen LogP contribution in [0.25, 0.3) is 0 Å². The zero-order chi connectivity index (χ0) is 29.9. The van der Waals surface area contributed by atoms with Gasteiger partial charge in [0.1, 0.15) is 23.5 Å². The Morgan fingerprint density at radius 3 is 2.62 bits per heavy atom. The molecule has 2 atom stereocenters. The summed E-state index contributed by atoms with van der Waals surface area (Å²) in [5.41, 5.74) is 1.76. The first-order valence-corrected chi connectivity index (χ1v) is 14.6. The number of rotatable bonds is 7. The predicted octanol–water partition coefficient (Wildman–Crippen LogP) is 2.59. The number of ether oxygens (including phenoxy) is 1. The molecule has 4 rings (SSSR count). The van der Waals surface area contributed by atoms with E-state index in [0.717, 1.165) is 18.5 Å². The predicted molar refractivity (Wildman–Crippen MR) is 159 cm³/mol. The Labute approximate surface area is 250 Å². The van der Waals surface area contributed by atoms with Crippen molar-refractivity contribution in [2.75, 3.05) is 27.2 Å². The molecule has 1 aliphatic heterocycles. The van der Waals surface area contributed by atoms with Gasteiger partial charge in [0.15, 0.2) is 0 Å². The van der Waals surface area contributed by atoms with Crippen molar-refractivity contribution in [3.05, 3.63) is 76.6 Å². The van der Waals surface area contributed by atoms with E-state index >= 15 is 0 Å². The highest BCUT2D eigenvalue weighted by Crippen LogP contribution is 2.24. The summed E-state index contributed by atoms with van der Waals surface area (Å²) in [6.45, 7) is 1.85. The molecule has 3 N–H and O–H groups in total. The number of hydrogen-bond donors (Lipinski definition) is 3. The molecular weight excluding hydrogens is 558 g/mol. The fourth-order valence-corrected chi connectivity index (χ4v) is 4.82. The first-order chi connectivity index (χ1) is 20.3. The number of aromatic nitrogens is 3. The van der Waals surface area contributed by atoms with Gasteiger partial charge in [0.2, 0.25) is 11.8 Å². The standard InChI is InChI=1S/C30H38ClN7O4/c1-37(2)14-7-6-11-25-30(41)34-26(17-21-9-4-3-5-10-21)29(40)32-19-23-20-38(36-35-23)15-8-16-42-27-18-22(31)12-13-24(27)28(39)33-25/h3-5,9-10,12-13,18,20,25-26H,6-8,11,14-17,19H2,1-2H3,(H,32,40)(H,33,39)(H,34,41)/t25-,26+/m0/s1. The summed E-state index contributed by atoms with van der Waals surface area (Å²) >= 11 is 6.22. The quantitative estimate of drug-likeness (QED) is 0.358. The van der Waals surface area contributed by atoms with Crippen molar-refractivity contribution in [1.29, 1.82) is 0 Å². The lowest BCUT2D eigenvalue weighted by Gasteiger charge is -2.24. The highest BCUT2D eigenvalue weighted by atomic mass is 35.5. The minimum atomic E-state index is -0.871. The maximum Gasteiger partial charge on any atom is 0.255 e. The molecule has 3 aromatic rings. The molecule has 3 amide bonds. The second kappa shape index (κ2) is 15.3. The fourth-order valence-electron chi connectivity index (χ4n) is 4.65. The van der Waals surface area contributed by atoms with Crippen molar-refractivity contribution in [2.45, 2.75) is 57.3 Å². The molecule has 0 spiro atoms. The van der Waals surface area contributed by atoms with Gasteiger partial charge in [-0.15, -0.1) is 5.10 Å². The lowest BCUT2D eigenvalue weighted by atomic mass is 10.0. The fraction of sp³-hybridized carbons (Fsp3) is 0.433. The van der Waals surface area contributed by atoms with Gasteiger partial charge in [-0.1, -0.05) is 47.1 Å². The highest BCUT2D eigenvalue weighted by Gasteiger charge is 2.28. The molecule has 11 nitrogen and oxygen atoms in total. The summed E-state index contributed by atoms with van der Waals surface area (Å²) in [4.78, 5) is 42.6. The number of unbranched alkanes of at least 4 members (excludes halogenated alkanes) is 1. The van der Waals surface area contributed by atoms with E-state index in [1.165, 1.54) is 0 Å². The minimum absolute atomic E-state index is 0.160. The van der Waals surface area contributed by atoms with E-state index in [9.17, 15) is 14.4 Å². The number of nitrogens with zero attached hydrogens (tertiary/aromatic N) is 4. The Balaban J connectivity index is 1.62. The van der Waals surface area contributed by atoms with Crippen molar-refractivity contribution in [2.24, 2.45) is 0 Å². The minimum Gasteiger partial charge on any atom is -0.493 e. The first kappa shape index (κ1) is 31.0. The van der Waals surface area contributed by atoms with Gasteiger partial charge in [-0.2, -0.15) is 0 Å². The van der Waals surface area contributed by atoms with E-state index in [-0.39, 0.29) is 24.4 Å². The van der Waals surface area contributed by atoms with Crippen molar-refractivity contribution in [3.63, 3.8) is 0 Å². The van der Waals surface area contributed by atoms with Gasteiger partial charge in [0.05, 0.1) is 24.9 Å². The summed E-state index contributed by atoms with van der Waals surface area (Å²) in [5, 5.41) is 17.4. The van der Waals surface area contributed by atoms with Crippen LogP contribution in [-0.2, 0) is 29.1 Å². The number of halogens is 1. The SMILES string of the molecule is CN(C)CCCC[C@@H]1NC(=O)c2ccc(Cl)cc2OCCCn2cc(nn2)CNC(=O)[C@@H](Cc2ccccc2)NC1=O. The second-order valence-corrected chi connectivity index (χ2v) is 11.0. The van der Waals surface area contributed by atoms with E-state index < -0.39 is 23.9 Å². The molecule has 12 heteroatoms. The van der Waals surface area contributed by atoms with E-state index in [0.29, 0.717) is 48.9 Å². The van der Waals surface area contributed by atoms with Gasteiger partial charge >= 0.3 is 0 Å². The average molecular weight is 596 g/mol. The summed E-state index contributed by atoms with van der Waals surface area (Å²) in [5.74, 6) is -0.921. The lowest BCUT2D eigenvalue weighted by Crippen LogP contribution is -2.54. The largest absolute Gasteiger partial charge is 0.493 e. The Morgan fingerprint density at radius 2 is 1.83 bits per heavy atom. The van der Waals surface area contributed by atoms with Crippen LogP contribution >= 0.6 is 11.6 Å². The van der Waals surface area contributed by atoms with Crippen LogP contribution in [0.2, 0.25) is 5.02 Å². The number of amides is 3. The maximum atomic E-state index is 13.7. The molecule has 0 unspecified atom stereocenters. The number of fused-ring (bicyclic) bond motifs is 3. The lowest BCUT2D eigenvalue weighted by molar-refractivity contribution is -0.130. The molecule has 2 aromatic carbocycles. The van der Waals surface area contributed by atoms with Crippen molar-refractivity contribution >= 4 is 29.3 Å². The van der Waals surface area contributed by atoms with Crippen LogP contribution in [0.4, 0.5) is 0 Å². The number of benzene rings is 2. The van der Waals surface area contributed by atoms with Gasteiger partial charge in [-0.25, -0.2) is 0 Å². The Bertz CT molecular complexity index is 1350. The molecule has 0 radical (unpaired) electrons. The number of hydrogen-bond acceptors (Lipinski definition) is 7. The van der Waals surface area contributed by atoms with Gasteiger partial charge in [0, 0.05) is 24.4 Å². The Kier molecular flexibility index (Phi) is 11.3. The zero-order valence-electron chi connectivity index (χ0n) is 24.0. The Hall–Kier alpha value is -3.96. The molecule has 42 heavy (non-hydrogen) atoms. The molecular formula is C30H38ClN7O4. The summed E-state index contributed by atoms with van der Waals surface area (Å²) < 4.78 is 7.62. The van der Waals surface area contributed by atoms with Crippen LogP contribution in [0.15, 0.2) is 54.7 Å². The van der Waals surface area contributed by atoms with Gasteiger partial charge in [-0.3, -0.25) is 19.1 Å². The van der Waals surface area contributed by atoms with E-state index in [1.54, 1.807) is 29.1 Å². The molecule has 1 aromatic heterocycles. The van der Waals surface area contributed by atoms with Crippen LogP contribution in [0, 0.1) is 0 Å². The van der Waals surface area contributed by atoms with E-state index in [2.05, 4.69) is 31.2 Å². The van der Waals surface area contributed by atoms with E-state index in [4.69, 9.17) is 16.3 Å². The van der Waals surface area contributed by atoms with Crippen molar-refractivity contribution in [3.8, 4) is 5.75 Å². The highest BCUT2D eigenvalue weighted by molar-refractivity contribution is 6.30. The van der Waals surface area contributed by atoms with Crippen molar-refractivity contribution in [1.82, 2.24) is 35.8 Å². The van der Waals surface area contributed by atoms with E-state index in [1.807, 2.05) is 44.4 Å². The molecule has 224 valence electrons. The number of carbonyl (C=O) groups is 3. The molecule has 1 aliphatic rings. The molecule has 2 heterocycles. The third-order valence-corrected chi connectivity index (χ3v) is 7.13. The van der Waals surface area contributed by atoms with Gasteiger partial charge in [0.25, 0.3) is 5.91 Å². The van der Waals surface area contributed by atoms with Crippen LogP contribution in [0.1, 0.15) is 47.3 Å².